The zero-order valence-electron chi connectivity index (χ0n) is 17.8. The lowest BCUT2D eigenvalue weighted by molar-refractivity contribution is 0.0206. The third-order valence-electron chi connectivity index (χ3n) is 3.25. The van der Waals surface area contributed by atoms with Crippen LogP contribution in [0.1, 0.15) is 48.0 Å². The molecule has 1 amide bonds. The molecule has 0 radical (unpaired) electrons. The maximum absolute atomic E-state index is 11.8. The summed E-state index contributed by atoms with van der Waals surface area (Å²) in [7, 11) is 0. The molecule has 0 aliphatic rings. The molecule has 2 aromatic rings. The van der Waals surface area contributed by atoms with Gasteiger partial charge in [0.05, 0.1) is 11.0 Å². The number of benzene rings is 1. The molecule has 0 spiro atoms. The summed E-state index contributed by atoms with van der Waals surface area (Å²) >= 11 is 1.55. The molecule has 0 unspecified atom stereocenters. The van der Waals surface area contributed by atoms with Gasteiger partial charge in [-0.25, -0.2) is 14.6 Å². The number of rotatable bonds is 6. The number of carbonyl (C=O) groups is 2. The fourth-order valence-corrected chi connectivity index (χ4v) is 3.03. The highest BCUT2D eigenvalue weighted by molar-refractivity contribution is 7.99. The zero-order valence-corrected chi connectivity index (χ0v) is 18.6. The van der Waals surface area contributed by atoms with Crippen molar-refractivity contribution >= 4 is 35.0 Å². The molecule has 1 heterocycles. The predicted molar refractivity (Wildman–Crippen MR) is 113 cm³/mol. The SMILES string of the molecule is CC(C)(C)OC(=O)NCCCSc1nc2cc(OC(=O)OC(C)(C)C)ccc2[nH]1. The topological polar surface area (TPSA) is 103 Å². The van der Waals surface area contributed by atoms with E-state index in [1.54, 1.807) is 50.7 Å². The second-order valence-electron chi connectivity index (χ2n) is 8.42. The van der Waals surface area contributed by atoms with Gasteiger partial charge in [0, 0.05) is 18.4 Å². The number of carbonyl (C=O) groups excluding carboxylic acids is 2. The summed E-state index contributed by atoms with van der Waals surface area (Å²) in [6.07, 6.45) is -0.392. The van der Waals surface area contributed by atoms with E-state index < -0.39 is 23.5 Å². The number of hydrogen-bond acceptors (Lipinski definition) is 7. The molecule has 0 saturated heterocycles. The van der Waals surface area contributed by atoms with Crippen LogP contribution in [-0.4, -0.2) is 45.7 Å². The van der Waals surface area contributed by atoms with Crippen LogP contribution in [0.2, 0.25) is 0 Å². The Balaban J connectivity index is 1.81. The van der Waals surface area contributed by atoms with Crippen LogP contribution in [0.15, 0.2) is 23.4 Å². The molecule has 1 aromatic carbocycles. The van der Waals surface area contributed by atoms with Gasteiger partial charge in [0.15, 0.2) is 5.16 Å². The lowest BCUT2D eigenvalue weighted by Crippen LogP contribution is -2.33. The molecule has 0 aliphatic heterocycles. The van der Waals surface area contributed by atoms with E-state index in [-0.39, 0.29) is 0 Å². The van der Waals surface area contributed by atoms with Crippen molar-refractivity contribution in [3.8, 4) is 5.75 Å². The Bertz CT molecular complexity index is 852. The van der Waals surface area contributed by atoms with E-state index >= 15 is 0 Å². The van der Waals surface area contributed by atoms with Crippen LogP contribution < -0.4 is 10.1 Å². The maximum Gasteiger partial charge on any atom is 0.514 e. The van der Waals surface area contributed by atoms with Gasteiger partial charge in [-0.15, -0.1) is 0 Å². The van der Waals surface area contributed by atoms with Gasteiger partial charge in [-0.1, -0.05) is 11.8 Å². The van der Waals surface area contributed by atoms with Crippen molar-refractivity contribution in [1.82, 2.24) is 15.3 Å². The number of H-pyrrole nitrogens is 1. The molecule has 1 aromatic heterocycles. The monoisotopic (exact) mass is 423 g/mol. The number of amides is 1. The Morgan fingerprint density at radius 1 is 1.10 bits per heavy atom. The highest BCUT2D eigenvalue weighted by atomic mass is 32.2. The Morgan fingerprint density at radius 3 is 2.45 bits per heavy atom. The van der Waals surface area contributed by atoms with Gasteiger partial charge in [-0.2, -0.15) is 0 Å². The minimum absolute atomic E-state index is 0.372. The number of nitrogens with one attached hydrogen (secondary N) is 2. The van der Waals surface area contributed by atoms with Crippen LogP contribution >= 0.6 is 11.8 Å². The number of imidazole rings is 1. The van der Waals surface area contributed by atoms with Crippen molar-refractivity contribution in [2.45, 2.75) is 64.3 Å². The lowest BCUT2D eigenvalue weighted by atomic mass is 10.2. The van der Waals surface area contributed by atoms with Gasteiger partial charge < -0.3 is 24.5 Å². The summed E-state index contributed by atoms with van der Waals surface area (Å²) in [6, 6.07) is 5.17. The van der Waals surface area contributed by atoms with E-state index in [4.69, 9.17) is 14.2 Å². The van der Waals surface area contributed by atoms with Gasteiger partial charge in [0.25, 0.3) is 0 Å². The standard InChI is InChI=1S/C20H29N3O5S/c1-19(2,3)27-17(24)21-10-7-11-29-16-22-14-9-8-13(12-15(14)23-16)26-18(25)28-20(4,5)6/h8-9,12H,7,10-11H2,1-6H3,(H,21,24)(H,22,23). The number of aromatic amines is 1. The molecule has 29 heavy (non-hydrogen) atoms. The fraction of sp³-hybridized carbons (Fsp3) is 0.550. The number of fused-ring (bicyclic) bond motifs is 1. The summed E-state index contributed by atoms with van der Waals surface area (Å²) in [4.78, 5) is 31.1. The Labute approximate surface area is 175 Å². The average molecular weight is 424 g/mol. The molecule has 0 atom stereocenters. The number of aromatic nitrogens is 2. The molecule has 8 nitrogen and oxygen atoms in total. The van der Waals surface area contributed by atoms with Gasteiger partial charge >= 0.3 is 12.2 Å². The number of nitrogens with zero attached hydrogens (tertiary/aromatic N) is 1. The minimum Gasteiger partial charge on any atom is -0.444 e. The molecule has 0 aliphatic carbocycles. The van der Waals surface area contributed by atoms with E-state index in [1.165, 1.54) is 0 Å². The summed E-state index contributed by atoms with van der Waals surface area (Å²) < 4.78 is 15.5. The smallest absolute Gasteiger partial charge is 0.444 e. The van der Waals surface area contributed by atoms with Crippen molar-refractivity contribution in [1.29, 1.82) is 0 Å². The lowest BCUT2D eigenvalue weighted by Gasteiger charge is -2.19. The first kappa shape index (κ1) is 22.9. The zero-order chi connectivity index (χ0) is 21.7. The first-order valence-electron chi connectivity index (χ1n) is 9.41. The second kappa shape index (κ2) is 9.39. The van der Waals surface area contributed by atoms with Gasteiger partial charge in [-0.05, 0) is 60.1 Å². The quantitative estimate of drug-likeness (QED) is 0.295. The van der Waals surface area contributed by atoms with Crippen LogP contribution in [0.4, 0.5) is 9.59 Å². The second-order valence-corrected chi connectivity index (χ2v) is 9.50. The average Bonchev–Trinajstić information content (AvgIpc) is 2.92. The number of ether oxygens (including phenoxy) is 3. The predicted octanol–water partition coefficient (Wildman–Crippen LogP) is 4.88. The fourth-order valence-electron chi connectivity index (χ4n) is 2.21. The number of hydrogen-bond donors (Lipinski definition) is 2. The van der Waals surface area contributed by atoms with E-state index in [9.17, 15) is 9.59 Å². The van der Waals surface area contributed by atoms with Crippen LogP contribution in [0.5, 0.6) is 5.75 Å². The molecule has 0 saturated carbocycles. The van der Waals surface area contributed by atoms with Crippen molar-refractivity contribution in [3.05, 3.63) is 18.2 Å². The number of thioether (sulfide) groups is 1. The molecule has 0 fully saturated rings. The van der Waals surface area contributed by atoms with E-state index in [1.807, 2.05) is 20.8 Å². The third-order valence-corrected chi connectivity index (χ3v) is 4.21. The largest absolute Gasteiger partial charge is 0.514 e. The highest BCUT2D eigenvalue weighted by Crippen LogP contribution is 2.24. The summed E-state index contributed by atoms with van der Waals surface area (Å²) in [6.45, 7) is 11.3. The Hall–Kier alpha value is -2.42. The molecular formula is C20H29N3O5S. The molecule has 2 rings (SSSR count). The van der Waals surface area contributed by atoms with Gasteiger partial charge in [0.1, 0.15) is 17.0 Å². The Morgan fingerprint density at radius 2 is 1.79 bits per heavy atom. The normalized spacial score (nSPS) is 11.9. The van der Waals surface area contributed by atoms with Crippen LogP contribution in [0, 0.1) is 0 Å². The van der Waals surface area contributed by atoms with Crippen molar-refractivity contribution in [2.24, 2.45) is 0 Å². The molecule has 0 bridgehead atoms. The van der Waals surface area contributed by atoms with Crippen molar-refractivity contribution in [3.63, 3.8) is 0 Å². The minimum atomic E-state index is -0.750. The van der Waals surface area contributed by atoms with Crippen LogP contribution in [0.25, 0.3) is 11.0 Å². The van der Waals surface area contributed by atoms with E-state index in [2.05, 4.69) is 15.3 Å². The summed E-state index contributed by atoms with van der Waals surface area (Å²) in [5, 5.41) is 3.48. The number of alkyl carbamates (subject to hydrolysis) is 1. The first-order chi connectivity index (χ1) is 13.4. The molecule has 2 N–H and O–H groups in total. The van der Waals surface area contributed by atoms with Gasteiger partial charge in [-0.3, -0.25) is 0 Å². The summed E-state index contributed by atoms with van der Waals surface area (Å²) in [5.41, 5.74) is 0.422. The van der Waals surface area contributed by atoms with Crippen molar-refractivity contribution in [2.75, 3.05) is 12.3 Å². The van der Waals surface area contributed by atoms with Gasteiger partial charge in [0.2, 0.25) is 0 Å². The van der Waals surface area contributed by atoms with E-state index in [0.717, 1.165) is 22.8 Å². The highest BCUT2D eigenvalue weighted by Gasteiger charge is 2.18. The van der Waals surface area contributed by atoms with E-state index in [0.29, 0.717) is 17.8 Å². The molecule has 160 valence electrons. The van der Waals surface area contributed by atoms with Crippen molar-refractivity contribution < 1.29 is 23.8 Å². The molecular weight excluding hydrogens is 394 g/mol. The molecule has 9 heteroatoms. The first-order valence-corrected chi connectivity index (χ1v) is 10.4. The Kier molecular flexibility index (Phi) is 7.40. The third kappa shape index (κ3) is 8.64. The maximum atomic E-state index is 11.8. The summed E-state index contributed by atoms with van der Waals surface area (Å²) in [5.74, 6) is 1.15. The van der Waals surface area contributed by atoms with Crippen LogP contribution in [0.3, 0.4) is 0 Å². The van der Waals surface area contributed by atoms with Crippen LogP contribution in [-0.2, 0) is 9.47 Å².